The van der Waals surface area contributed by atoms with Crippen molar-refractivity contribution in [3.05, 3.63) is 108 Å². The lowest BCUT2D eigenvalue weighted by atomic mass is 10.1. The molecule has 0 fully saturated rings. The van der Waals surface area contributed by atoms with Crippen LogP contribution in [0.2, 0.25) is 0 Å². The molecule has 0 atom stereocenters. The Kier molecular flexibility index (Phi) is 8.04. The zero-order valence-electron chi connectivity index (χ0n) is 21.6. The van der Waals surface area contributed by atoms with E-state index < -0.39 is 17.8 Å². The molecular weight excluding hydrogens is 537 g/mol. The maximum Gasteiger partial charge on any atom is 0.416 e. The van der Waals surface area contributed by atoms with E-state index >= 15 is 0 Å². The molecule has 2 heterocycles. The summed E-state index contributed by atoms with van der Waals surface area (Å²) in [5, 5.41) is 5.29. The number of halogens is 3. The van der Waals surface area contributed by atoms with E-state index in [0.717, 1.165) is 17.7 Å². The second-order valence-electron chi connectivity index (χ2n) is 9.10. The van der Waals surface area contributed by atoms with Gasteiger partial charge in [-0.1, -0.05) is 24.3 Å². The van der Waals surface area contributed by atoms with Crippen molar-refractivity contribution < 1.29 is 32.2 Å². The number of aromatic nitrogens is 1. The molecule has 0 bridgehead atoms. The van der Waals surface area contributed by atoms with Gasteiger partial charge < -0.3 is 20.1 Å². The van der Waals surface area contributed by atoms with Crippen LogP contribution >= 0.6 is 0 Å². The van der Waals surface area contributed by atoms with E-state index in [2.05, 4.69) is 15.6 Å². The highest BCUT2D eigenvalue weighted by Crippen LogP contribution is 2.34. The highest BCUT2D eigenvalue weighted by molar-refractivity contribution is 6.03. The Labute approximate surface area is 233 Å². The van der Waals surface area contributed by atoms with Gasteiger partial charge in [-0.15, -0.1) is 0 Å². The van der Waals surface area contributed by atoms with Gasteiger partial charge in [0.05, 0.1) is 12.1 Å². The summed E-state index contributed by atoms with van der Waals surface area (Å²) in [5.41, 5.74) is 0.870. The van der Waals surface area contributed by atoms with Crippen LogP contribution in [0.4, 0.5) is 29.3 Å². The van der Waals surface area contributed by atoms with Crippen molar-refractivity contribution in [2.75, 3.05) is 29.9 Å². The molecule has 4 aromatic rings. The molecule has 1 aliphatic rings. The van der Waals surface area contributed by atoms with Gasteiger partial charge in [-0.05, 0) is 66.6 Å². The number of hydrogen-bond donors (Lipinski definition) is 2. The number of nitrogens with one attached hydrogen (secondary N) is 2. The SMILES string of the molecule is O=C(NCCOc1ccccc1)c1cc(Oc2ccc3c(c2)CCN3C(=O)Nc2cccc(C(F)(F)F)c2)ccn1. The summed E-state index contributed by atoms with van der Waals surface area (Å²) >= 11 is 0. The number of alkyl halides is 3. The molecule has 11 heteroatoms. The zero-order chi connectivity index (χ0) is 28.8. The Balaban J connectivity index is 1.18. The Morgan fingerprint density at radius 1 is 0.902 bits per heavy atom. The summed E-state index contributed by atoms with van der Waals surface area (Å²) < 4.78 is 50.6. The van der Waals surface area contributed by atoms with Gasteiger partial charge in [-0.25, -0.2) is 4.79 Å². The van der Waals surface area contributed by atoms with E-state index in [1.165, 1.54) is 29.3 Å². The number of para-hydroxylation sites is 1. The zero-order valence-corrected chi connectivity index (χ0v) is 21.6. The molecule has 3 aromatic carbocycles. The molecule has 0 spiro atoms. The summed E-state index contributed by atoms with van der Waals surface area (Å²) in [4.78, 5) is 30.9. The van der Waals surface area contributed by atoms with Crippen LogP contribution in [-0.4, -0.2) is 36.6 Å². The molecule has 2 N–H and O–H groups in total. The molecule has 210 valence electrons. The third kappa shape index (κ3) is 6.93. The maximum atomic E-state index is 13.0. The average molecular weight is 563 g/mol. The quantitative estimate of drug-likeness (QED) is 0.246. The molecule has 1 aromatic heterocycles. The number of nitrogens with zero attached hydrogens (tertiary/aromatic N) is 2. The normalized spacial score (nSPS) is 12.4. The number of carbonyl (C=O) groups excluding carboxylic acids is 2. The molecule has 8 nitrogen and oxygen atoms in total. The predicted octanol–water partition coefficient (Wildman–Crippen LogP) is 6.30. The minimum Gasteiger partial charge on any atom is -0.492 e. The van der Waals surface area contributed by atoms with Crippen molar-refractivity contribution in [1.82, 2.24) is 10.3 Å². The van der Waals surface area contributed by atoms with Crippen molar-refractivity contribution >= 4 is 23.3 Å². The van der Waals surface area contributed by atoms with Crippen LogP contribution in [0.1, 0.15) is 21.6 Å². The Bertz CT molecular complexity index is 1550. The minimum atomic E-state index is -4.51. The lowest BCUT2D eigenvalue weighted by molar-refractivity contribution is -0.137. The van der Waals surface area contributed by atoms with Crippen molar-refractivity contribution in [2.24, 2.45) is 0 Å². The average Bonchev–Trinajstić information content (AvgIpc) is 3.39. The van der Waals surface area contributed by atoms with Crippen molar-refractivity contribution in [2.45, 2.75) is 12.6 Å². The van der Waals surface area contributed by atoms with E-state index in [1.807, 2.05) is 30.3 Å². The molecule has 0 saturated carbocycles. The summed E-state index contributed by atoms with van der Waals surface area (Å²) in [6, 6.07) is 21.6. The first-order valence-electron chi connectivity index (χ1n) is 12.7. The van der Waals surface area contributed by atoms with E-state index in [4.69, 9.17) is 9.47 Å². The van der Waals surface area contributed by atoms with Crippen molar-refractivity contribution in [1.29, 1.82) is 0 Å². The lowest BCUT2D eigenvalue weighted by Gasteiger charge is -2.19. The number of anilines is 2. The first-order chi connectivity index (χ1) is 19.8. The van der Waals surface area contributed by atoms with Gasteiger partial charge in [0.2, 0.25) is 0 Å². The molecule has 41 heavy (non-hydrogen) atoms. The fraction of sp³-hybridized carbons (Fsp3) is 0.167. The van der Waals surface area contributed by atoms with Gasteiger partial charge in [-0.2, -0.15) is 13.2 Å². The number of carbonyl (C=O) groups is 2. The van der Waals surface area contributed by atoms with Gasteiger partial charge in [0, 0.05) is 30.2 Å². The number of benzene rings is 3. The maximum absolute atomic E-state index is 13.0. The number of rotatable bonds is 8. The van der Waals surface area contributed by atoms with Gasteiger partial charge in [0.1, 0.15) is 29.5 Å². The van der Waals surface area contributed by atoms with E-state index in [-0.39, 0.29) is 17.3 Å². The number of fused-ring (bicyclic) bond motifs is 1. The largest absolute Gasteiger partial charge is 0.492 e. The number of amides is 3. The standard InChI is InChI=1S/C30H25F3N4O4/c31-30(32,33)21-5-4-6-22(18-21)36-29(39)37-15-12-20-17-24(9-10-27(20)37)41-25-11-13-34-26(19-25)28(38)35-14-16-40-23-7-2-1-3-8-23/h1-11,13,17-19H,12,14-16H2,(H,35,38)(H,36,39). The van der Waals surface area contributed by atoms with Crippen LogP contribution in [-0.2, 0) is 12.6 Å². The Morgan fingerprint density at radius 3 is 2.51 bits per heavy atom. The van der Waals surface area contributed by atoms with Crippen LogP contribution in [0.3, 0.4) is 0 Å². The Morgan fingerprint density at radius 2 is 1.71 bits per heavy atom. The van der Waals surface area contributed by atoms with E-state index in [0.29, 0.717) is 49.1 Å². The first-order valence-corrected chi connectivity index (χ1v) is 12.7. The fourth-order valence-corrected chi connectivity index (χ4v) is 4.29. The summed E-state index contributed by atoms with van der Waals surface area (Å²) in [6.07, 6.45) is -2.50. The van der Waals surface area contributed by atoms with Crippen molar-refractivity contribution in [3.8, 4) is 17.2 Å². The van der Waals surface area contributed by atoms with Gasteiger partial charge >= 0.3 is 12.2 Å². The lowest BCUT2D eigenvalue weighted by Crippen LogP contribution is -2.33. The summed E-state index contributed by atoms with van der Waals surface area (Å²) in [7, 11) is 0. The van der Waals surface area contributed by atoms with Crippen LogP contribution in [0, 0.1) is 0 Å². The van der Waals surface area contributed by atoms with Crippen LogP contribution in [0.15, 0.2) is 91.1 Å². The molecule has 3 amide bonds. The highest BCUT2D eigenvalue weighted by Gasteiger charge is 2.31. The molecule has 5 rings (SSSR count). The minimum absolute atomic E-state index is 0.0551. The molecule has 0 unspecified atom stereocenters. The monoisotopic (exact) mass is 562 g/mol. The second-order valence-corrected chi connectivity index (χ2v) is 9.10. The fourth-order valence-electron chi connectivity index (χ4n) is 4.29. The second kappa shape index (κ2) is 12.0. The topological polar surface area (TPSA) is 92.8 Å². The summed E-state index contributed by atoms with van der Waals surface area (Å²) in [6.45, 7) is 0.955. The third-order valence-electron chi connectivity index (χ3n) is 6.23. The number of hydrogen-bond acceptors (Lipinski definition) is 5. The van der Waals surface area contributed by atoms with Crippen molar-refractivity contribution in [3.63, 3.8) is 0 Å². The van der Waals surface area contributed by atoms with Crippen LogP contribution < -0.4 is 25.0 Å². The number of pyridine rings is 1. The van der Waals surface area contributed by atoms with E-state index in [9.17, 15) is 22.8 Å². The predicted molar refractivity (Wildman–Crippen MR) is 147 cm³/mol. The molecular formula is C30H25F3N4O4. The van der Waals surface area contributed by atoms with Crippen LogP contribution in [0.25, 0.3) is 0 Å². The highest BCUT2D eigenvalue weighted by atomic mass is 19.4. The summed E-state index contributed by atoms with van der Waals surface area (Å²) in [5.74, 6) is 1.24. The molecule has 0 radical (unpaired) electrons. The molecule has 0 aliphatic carbocycles. The van der Waals surface area contributed by atoms with Gasteiger partial charge in [0.25, 0.3) is 5.91 Å². The van der Waals surface area contributed by atoms with Crippen LogP contribution in [0.5, 0.6) is 17.2 Å². The molecule has 0 saturated heterocycles. The smallest absolute Gasteiger partial charge is 0.416 e. The third-order valence-corrected chi connectivity index (χ3v) is 6.23. The molecule has 1 aliphatic heterocycles. The number of urea groups is 1. The first kappa shape index (κ1) is 27.5. The van der Waals surface area contributed by atoms with E-state index in [1.54, 1.807) is 24.3 Å². The van der Waals surface area contributed by atoms with Gasteiger partial charge in [0.15, 0.2) is 0 Å². The Hall–Kier alpha value is -5.06. The number of ether oxygens (including phenoxy) is 2. The van der Waals surface area contributed by atoms with Gasteiger partial charge in [-0.3, -0.25) is 14.7 Å².